The van der Waals surface area contributed by atoms with E-state index in [-0.39, 0.29) is 11.7 Å². The van der Waals surface area contributed by atoms with Gasteiger partial charge >= 0.3 is 0 Å². The Morgan fingerprint density at radius 1 is 1.42 bits per heavy atom. The van der Waals surface area contributed by atoms with Gasteiger partial charge < -0.3 is 10.6 Å². The molecule has 1 amide bonds. The Balaban J connectivity index is 2.09. The Bertz CT molecular complexity index is 485. The van der Waals surface area contributed by atoms with Gasteiger partial charge in [-0.3, -0.25) is 4.79 Å². The van der Waals surface area contributed by atoms with Crippen LogP contribution in [0.2, 0.25) is 0 Å². The van der Waals surface area contributed by atoms with Crippen LogP contribution in [0.4, 0.5) is 15.8 Å². The summed E-state index contributed by atoms with van der Waals surface area (Å²) in [6.07, 6.45) is 3.24. The highest BCUT2D eigenvalue weighted by Gasteiger charge is 2.31. The summed E-state index contributed by atoms with van der Waals surface area (Å²) in [7, 11) is 0. The van der Waals surface area contributed by atoms with E-state index in [1.54, 1.807) is 12.1 Å². The van der Waals surface area contributed by atoms with Crippen LogP contribution in [0.15, 0.2) is 18.2 Å². The number of hydrogen-bond acceptors (Lipinski definition) is 2. The SMILES string of the molecule is CC(=O)Nc1ccc(F)c(NC2CCC(C)(C)C2)c1. The molecule has 0 heterocycles. The van der Waals surface area contributed by atoms with Gasteiger partial charge in [0.25, 0.3) is 0 Å². The minimum atomic E-state index is -0.279. The molecule has 1 aromatic carbocycles. The van der Waals surface area contributed by atoms with Crippen molar-refractivity contribution in [3.05, 3.63) is 24.0 Å². The molecule has 3 nitrogen and oxygen atoms in total. The molecular formula is C15H21FN2O. The van der Waals surface area contributed by atoms with E-state index in [1.165, 1.54) is 13.0 Å². The minimum absolute atomic E-state index is 0.153. The molecule has 0 spiro atoms. The van der Waals surface area contributed by atoms with Gasteiger partial charge in [0.05, 0.1) is 5.69 Å². The maximum atomic E-state index is 13.8. The molecule has 104 valence electrons. The number of hydrogen-bond donors (Lipinski definition) is 2. The molecule has 0 bridgehead atoms. The number of halogens is 1. The quantitative estimate of drug-likeness (QED) is 0.872. The zero-order valence-corrected chi connectivity index (χ0v) is 11.7. The first-order chi connectivity index (χ1) is 8.85. The summed E-state index contributed by atoms with van der Waals surface area (Å²) in [6.45, 7) is 5.91. The molecule has 0 aromatic heterocycles. The van der Waals surface area contributed by atoms with Crippen molar-refractivity contribution in [2.75, 3.05) is 10.6 Å². The number of carbonyl (C=O) groups is 1. The van der Waals surface area contributed by atoms with Gasteiger partial charge in [-0.05, 0) is 42.9 Å². The lowest BCUT2D eigenvalue weighted by Gasteiger charge is -2.19. The Morgan fingerprint density at radius 3 is 2.74 bits per heavy atom. The molecule has 1 aliphatic carbocycles. The van der Waals surface area contributed by atoms with E-state index < -0.39 is 0 Å². The van der Waals surface area contributed by atoms with E-state index >= 15 is 0 Å². The van der Waals surface area contributed by atoms with Crippen LogP contribution in [0, 0.1) is 11.2 Å². The summed E-state index contributed by atoms with van der Waals surface area (Å²) in [5, 5.41) is 5.92. The van der Waals surface area contributed by atoms with Crippen molar-refractivity contribution in [1.82, 2.24) is 0 Å². The molecule has 0 aliphatic heterocycles. The Hall–Kier alpha value is -1.58. The number of rotatable bonds is 3. The van der Waals surface area contributed by atoms with Gasteiger partial charge in [0, 0.05) is 18.7 Å². The summed E-state index contributed by atoms with van der Waals surface area (Å²) in [5.74, 6) is -0.432. The van der Waals surface area contributed by atoms with Crippen LogP contribution in [-0.4, -0.2) is 11.9 Å². The molecule has 2 N–H and O–H groups in total. The topological polar surface area (TPSA) is 41.1 Å². The second kappa shape index (κ2) is 5.19. The van der Waals surface area contributed by atoms with Crippen LogP contribution in [0.1, 0.15) is 40.0 Å². The van der Waals surface area contributed by atoms with Gasteiger partial charge in [-0.1, -0.05) is 13.8 Å². The van der Waals surface area contributed by atoms with Gasteiger partial charge in [-0.2, -0.15) is 0 Å². The molecular weight excluding hydrogens is 243 g/mol. The normalized spacial score (nSPS) is 21.2. The summed E-state index contributed by atoms with van der Waals surface area (Å²) < 4.78 is 13.8. The van der Waals surface area contributed by atoms with Crippen LogP contribution in [0.5, 0.6) is 0 Å². The van der Waals surface area contributed by atoms with E-state index in [2.05, 4.69) is 24.5 Å². The van der Waals surface area contributed by atoms with Gasteiger partial charge in [-0.25, -0.2) is 4.39 Å². The molecule has 4 heteroatoms. The van der Waals surface area contributed by atoms with Gasteiger partial charge in [-0.15, -0.1) is 0 Å². The third-order valence-corrected chi connectivity index (χ3v) is 3.61. The zero-order valence-electron chi connectivity index (χ0n) is 11.7. The van der Waals surface area contributed by atoms with Crippen LogP contribution in [0.3, 0.4) is 0 Å². The molecule has 1 aliphatic rings. The fraction of sp³-hybridized carbons (Fsp3) is 0.533. The van der Waals surface area contributed by atoms with Crippen LogP contribution in [-0.2, 0) is 4.79 Å². The molecule has 1 atom stereocenters. The molecule has 1 fully saturated rings. The number of carbonyl (C=O) groups excluding carboxylic acids is 1. The molecule has 2 rings (SSSR count). The van der Waals surface area contributed by atoms with E-state index in [4.69, 9.17) is 0 Å². The van der Waals surface area contributed by atoms with Gasteiger partial charge in [0.1, 0.15) is 5.82 Å². The molecule has 1 aromatic rings. The molecule has 19 heavy (non-hydrogen) atoms. The summed E-state index contributed by atoms with van der Waals surface area (Å²) in [4.78, 5) is 11.0. The largest absolute Gasteiger partial charge is 0.380 e. The average molecular weight is 264 g/mol. The lowest BCUT2D eigenvalue weighted by atomic mass is 9.92. The average Bonchev–Trinajstić information content (AvgIpc) is 2.62. The van der Waals surface area contributed by atoms with Crippen molar-refractivity contribution < 1.29 is 9.18 Å². The molecule has 1 saturated carbocycles. The predicted molar refractivity (Wildman–Crippen MR) is 75.7 cm³/mol. The standard InChI is InChI=1S/C15H21FN2O/c1-10(19)17-11-4-5-13(16)14(8-11)18-12-6-7-15(2,3)9-12/h4-5,8,12,18H,6-7,9H2,1-3H3,(H,17,19). The van der Waals surface area contributed by atoms with E-state index in [9.17, 15) is 9.18 Å². The van der Waals surface area contributed by atoms with Crippen molar-refractivity contribution in [3.63, 3.8) is 0 Å². The first kappa shape index (κ1) is 13.8. The monoisotopic (exact) mass is 264 g/mol. The molecule has 1 unspecified atom stereocenters. The van der Waals surface area contributed by atoms with E-state index in [1.807, 2.05) is 0 Å². The number of amides is 1. The second-order valence-corrected chi connectivity index (χ2v) is 6.12. The maximum absolute atomic E-state index is 13.8. The highest BCUT2D eigenvalue weighted by atomic mass is 19.1. The zero-order chi connectivity index (χ0) is 14.0. The van der Waals surface area contributed by atoms with Gasteiger partial charge in [0.15, 0.2) is 0 Å². The first-order valence-corrected chi connectivity index (χ1v) is 6.69. The highest BCUT2D eigenvalue weighted by Crippen LogP contribution is 2.38. The number of anilines is 2. The third kappa shape index (κ3) is 3.69. The second-order valence-electron chi connectivity index (χ2n) is 6.12. The smallest absolute Gasteiger partial charge is 0.221 e. The van der Waals surface area contributed by atoms with Crippen molar-refractivity contribution in [2.24, 2.45) is 5.41 Å². The molecule has 0 radical (unpaired) electrons. The lowest BCUT2D eigenvalue weighted by molar-refractivity contribution is -0.114. The summed E-state index contributed by atoms with van der Waals surface area (Å²) >= 11 is 0. The summed E-state index contributed by atoms with van der Waals surface area (Å²) in [5.41, 5.74) is 1.41. The fourth-order valence-corrected chi connectivity index (χ4v) is 2.70. The number of nitrogens with one attached hydrogen (secondary N) is 2. The van der Waals surface area contributed by atoms with Crippen molar-refractivity contribution in [2.45, 2.75) is 46.1 Å². The van der Waals surface area contributed by atoms with Gasteiger partial charge in [0.2, 0.25) is 5.91 Å². The Labute approximate surface area is 113 Å². The van der Waals surface area contributed by atoms with Crippen molar-refractivity contribution >= 4 is 17.3 Å². The predicted octanol–water partition coefficient (Wildman–Crippen LogP) is 3.77. The Kier molecular flexibility index (Phi) is 3.78. The maximum Gasteiger partial charge on any atom is 0.221 e. The van der Waals surface area contributed by atoms with Crippen LogP contribution >= 0.6 is 0 Å². The van der Waals surface area contributed by atoms with Crippen LogP contribution in [0.25, 0.3) is 0 Å². The number of benzene rings is 1. The highest BCUT2D eigenvalue weighted by molar-refractivity contribution is 5.89. The third-order valence-electron chi connectivity index (χ3n) is 3.61. The minimum Gasteiger partial charge on any atom is -0.380 e. The fourth-order valence-electron chi connectivity index (χ4n) is 2.70. The Morgan fingerprint density at radius 2 is 2.16 bits per heavy atom. The van der Waals surface area contributed by atoms with Crippen molar-refractivity contribution in [1.29, 1.82) is 0 Å². The first-order valence-electron chi connectivity index (χ1n) is 6.69. The lowest BCUT2D eigenvalue weighted by Crippen LogP contribution is -2.18. The molecule has 0 saturated heterocycles. The van der Waals surface area contributed by atoms with E-state index in [0.29, 0.717) is 22.8 Å². The van der Waals surface area contributed by atoms with Crippen molar-refractivity contribution in [3.8, 4) is 0 Å². The van der Waals surface area contributed by atoms with Crippen LogP contribution < -0.4 is 10.6 Å². The van der Waals surface area contributed by atoms with E-state index in [0.717, 1.165) is 19.3 Å². The summed E-state index contributed by atoms with van der Waals surface area (Å²) in [6, 6.07) is 4.91.